The molecule has 170 valence electrons. The van der Waals surface area contributed by atoms with E-state index in [1.54, 1.807) is 23.1 Å². The standard InChI is InChI=1S/C22H27N5O5/c1-24-19(23)18(21(30)25(2)22(24)31)15(28)12-27-13-17(20(29)26-10-6-3-7-11-26)32-16-9-5-4-8-14(16)27/h4-5,8-9,17H,3,6-7,10-13,23H2,1-2H3. The molecule has 1 amide bonds. The summed E-state index contributed by atoms with van der Waals surface area (Å²) < 4.78 is 7.92. The molecule has 1 fully saturated rings. The number of Topliss-reactive ketones (excluding diaryl/α,β-unsaturated/α-hetero) is 1. The maximum Gasteiger partial charge on any atom is 0.332 e. The summed E-state index contributed by atoms with van der Waals surface area (Å²) in [6.07, 6.45) is 2.28. The van der Waals surface area contributed by atoms with Gasteiger partial charge in [0.1, 0.15) is 17.1 Å². The van der Waals surface area contributed by atoms with Crippen LogP contribution in [-0.2, 0) is 18.9 Å². The Labute approximate surface area is 184 Å². The van der Waals surface area contributed by atoms with E-state index in [1.165, 1.54) is 14.1 Å². The highest BCUT2D eigenvalue weighted by Gasteiger charge is 2.35. The molecule has 2 aromatic rings. The summed E-state index contributed by atoms with van der Waals surface area (Å²) in [6, 6.07) is 7.16. The van der Waals surface area contributed by atoms with Gasteiger partial charge in [0.15, 0.2) is 11.9 Å². The Hall–Kier alpha value is -3.56. The van der Waals surface area contributed by atoms with Crippen molar-refractivity contribution in [3.8, 4) is 5.75 Å². The number of hydrogen-bond donors (Lipinski definition) is 1. The van der Waals surface area contributed by atoms with Crippen molar-refractivity contribution in [2.24, 2.45) is 14.1 Å². The molecular formula is C22H27N5O5. The van der Waals surface area contributed by atoms with Crippen LogP contribution in [0.15, 0.2) is 33.9 Å². The first-order valence-electron chi connectivity index (χ1n) is 10.7. The van der Waals surface area contributed by atoms with Crippen molar-refractivity contribution in [1.29, 1.82) is 0 Å². The zero-order chi connectivity index (χ0) is 23.0. The fraction of sp³-hybridized carbons (Fsp3) is 0.455. The summed E-state index contributed by atoms with van der Waals surface area (Å²) in [5.41, 5.74) is 5.03. The van der Waals surface area contributed by atoms with E-state index in [-0.39, 0.29) is 30.4 Å². The molecule has 10 heteroatoms. The highest BCUT2D eigenvalue weighted by Crippen LogP contribution is 2.33. The van der Waals surface area contributed by atoms with Crippen LogP contribution in [0.5, 0.6) is 5.75 Å². The number of para-hydroxylation sites is 2. The minimum Gasteiger partial charge on any atom is -0.477 e. The topological polar surface area (TPSA) is 120 Å². The number of aromatic nitrogens is 2. The quantitative estimate of drug-likeness (QED) is 0.670. The molecule has 0 saturated carbocycles. The van der Waals surface area contributed by atoms with Gasteiger partial charge in [0.2, 0.25) is 0 Å². The molecular weight excluding hydrogens is 414 g/mol. The SMILES string of the molecule is Cn1c(N)c(C(=O)CN2CC(C(=O)N3CCCCC3)Oc3ccccc32)c(=O)n(C)c1=O. The first kappa shape index (κ1) is 21.7. The summed E-state index contributed by atoms with van der Waals surface area (Å²) in [5, 5.41) is 0. The minimum atomic E-state index is -0.754. The van der Waals surface area contributed by atoms with Crippen molar-refractivity contribution in [2.75, 3.05) is 36.8 Å². The third kappa shape index (κ3) is 3.76. The van der Waals surface area contributed by atoms with Gasteiger partial charge in [-0.05, 0) is 31.4 Å². The van der Waals surface area contributed by atoms with Gasteiger partial charge in [-0.3, -0.25) is 23.5 Å². The van der Waals surface area contributed by atoms with Crippen LogP contribution in [0.2, 0.25) is 0 Å². The normalized spacial score (nSPS) is 18.1. The lowest BCUT2D eigenvalue weighted by molar-refractivity contribution is -0.139. The van der Waals surface area contributed by atoms with Crippen LogP contribution in [0, 0.1) is 0 Å². The number of rotatable bonds is 4. The van der Waals surface area contributed by atoms with Gasteiger partial charge in [-0.15, -0.1) is 0 Å². The number of ether oxygens (including phenoxy) is 1. The number of hydrogen-bond acceptors (Lipinski definition) is 7. The molecule has 3 heterocycles. The van der Waals surface area contributed by atoms with Gasteiger partial charge in [0.25, 0.3) is 11.5 Å². The molecule has 4 rings (SSSR count). The molecule has 0 bridgehead atoms. The number of nitrogens with two attached hydrogens (primary N) is 1. The molecule has 1 aromatic heterocycles. The fourth-order valence-electron chi connectivity index (χ4n) is 4.28. The number of fused-ring (bicyclic) bond motifs is 1. The minimum absolute atomic E-state index is 0.103. The summed E-state index contributed by atoms with van der Waals surface area (Å²) >= 11 is 0. The maximum absolute atomic E-state index is 13.2. The number of carbonyl (C=O) groups excluding carboxylic acids is 2. The second-order valence-corrected chi connectivity index (χ2v) is 8.23. The molecule has 1 aromatic carbocycles. The highest BCUT2D eigenvalue weighted by molar-refractivity contribution is 6.02. The lowest BCUT2D eigenvalue weighted by atomic mass is 10.1. The summed E-state index contributed by atoms with van der Waals surface area (Å²) in [5.74, 6) is -0.303. The van der Waals surface area contributed by atoms with E-state index in [9.17, 15) is 19.2 Å². The summed E-state index contributed by atoms with van der Waals surface area (Å²) in [6.45, 7) is 1.39. The zero-order valence-electron chi connectivity index (χ0n) is 18.2. The Kier molecular flexibility index (Phi) is 5.77. The summed E-state index contributed by atoms with van der Waals surface area (Å²) in [4.78, 5) is 54.5. The number of benzene rings is 1. The van der Waals surface area contributed by atoms with Crippen molar-refractivity contribution >= 4 is 23.2 Å². The number of carbonyl (C=O) groups is 2. The molecule has 1 saturated heterocycles. The van der Waals surface area contributed by atoms with Crippen molar-refractivity contribution < 1.29 is 14.3 Å². The van der Waals surface area contributed by atoms with Crippen molar-refractivity contribution in [2.45, 2.75) is 25.4 Å². The van der Waals surface area contributed by atoms with Crippen LogP contribution in [0.1, 0.15) is 29.6 Å². The average molecular weight is 441 g/mol. The predicted molar refractivity (Wildman–Crippen MR) is 119 cm³/mol. The van der Waals surface area contributed by atoms with Gasteiger partial charge in [-0.25, -0.2) is 4.79 Å². The first-order valence-corrected chi connectivity index (χ1v) is 10.7. The lowest BCUT2D eigenvalue weighted by Crippen LogP contribution is -2.52. The van der Waals surface area contributed by atoms with E-state index >= 15 is 0 Å². The number of anilines is 2. The molecule has 2 N–H and O–H groups in total. The molecule has 2 aliphatic rings. The van der Waals surface area contributed by atoms with E-state index in [2.05, 4.69) is 0 Å². The number of piperidine rings is 1. The summed E-state index contributed by atoms with van der Waals surface area (Å²) in [7, 11) is 2.71. The average Bonchev–Trinajstić information content (AvgIpc) is 2.81. The Morgan fingerprint density at radius 3 is 2.47 bits per heavy atom. The van der Waals surface area contributed by atoms with Crippen LogP contribution in [0.3, 0.4) is 0 Å². The Balaban J connectivity index is 1.64. The number of nitrogen functional groups attached to an aromatic ring is 1. The van der Waals surface area contributed by atoms with E-state index in [1.807, 2.05) is 11.0 Å². The number of ketones is 1. The van der Waals surface area contributed by atoms with Crippen molar-refractivity contribution in [3.05, 3.63) is 50.7 Å². The van der Waals surface area contributed by atoms with Crippen molar-refractivity contribution in [1.82, 2.24) is 14.0 Å². The Bertz CT molecular complexity index is 1180. The van der Waals surface area contributed by atoms with Crippen LogP contribution in [0.25, 0.3) is 0 Å². The van der Waals surface area contributed by atoms with Gasteiger partial charge < -0.3 is 20.3 Å². The van der Waals surface area contributed by atoms with Gasteiger partial charge in [-0.2, -0.15) is 0 Å². The molecule has 10 nitrogen and oxygen atoms in total. The van der Waals surface area contributed by atoms with Crippen LogP contribution in [0.4, 0.5) is 11.5 Å². The molecule has 32 heavy (non-hydrogen) atoms. The highest BCUT2D eigenvalue weighted by atomic mass is 16.5. The molecule has 0 aliphatic carbocycles. The van der Waals surface area contributed by atoms with Crippen LogP contribution in [-0.4, -0.2) is 58.0 Å². The molecule has 1 unspecified atom stereocenters. The van der Waals surface area contributed by atoms with E-state index in [0.29, 0.717) is 24.5 Å². The van der Waals surface area contributed by atoms with Gasteiger partial charge in [-0.1, -0.05) is 12.1 Å². The second kappa shape index (κ2) is 8.52. The van der Waals surface area contributed by atoms with Gasteiger partial charge in [0.05, 0.1) is 18.8 Å². The molecule has 0 radical (unpaired) electrons. The van der Waals surface area contributed by atoms with Gasteiger partial charge >= 0.3 is 5.69 Å². The van der Waals surface area contributed by atoms with E-state index < -0.39 is 23.1 Å². The lowest BCUT2D eigenvalue weighted by Gasteiger charge is -2.38. The third-order valence-corrected chi connectivity index (χ3v) is 6.13. The van der Waals surface area contributed by atoms with E-state index in [4.69, 9.17) is 10.5 Å². The number of amides is 1. The molecule has 1 atom stereocenters. The molecule has 0 spiro atoms. The largest absolute Gasteiger partial charge is 0.477 e. The van der Waals surface area contributed by atoms with E-state index in [0.717, 1.165) is 28.4 Å². The number of likely N-dealkylation sites (tertiary alicyclic amines) is 1. The fourth-order valence-corrected chi connectivity index (χ4v) is 4.28. The third-order valence-electron chi connectivity index (χ3n) is 6.13. The van der Waals surface area contributed by atoms with Crippen LogP contribution >= 0.6 is 0 Å². The Morgan fingerprint density at radius 1 is 1.06 bits per heavy atom. The predicted octanol–water partition coefficient (Wildman–Crippen LogP) is 0.129. The van der Waals surface area contributed by atoms with Crippen LogP contribution < -0.4 is 26.6 Å². The molecule has 2 aliphatic heterocycles. The smallest absolute Gasteiger partial charge is 0.332 e. The number of nitrogens with zero attached hydrogens (tertiary/aromatic N) is 4. The van der Waals surface area contributed by atoms with Crippen molar-refractivity contribution in [3.63, 3.8) is 0 Å². The second-order valence-electron chi connectivity index (χ2n) is 8.23. The van der Waals surface area contributed by atoms with Gasteiger partial charge in [0, 0.05) is 27.2 Å². The monoisotopic (exact) mass is 441 g/mol. The Morgan fingerprint density at radius 2 is 1.75 bits per heavy atom. The maximum atomic E-state index is 13.2. The zero-order valence-corrected chi connectivity index (χ0v) is 18.2. The first-order chi connectivity index (χ1) is 15.3.